The SMILES string of the molecule is C=CCCCC(NCCC)C1CCOC1CC. The highest BCUT2D eigenvalue weighted by atomic mass is 16.5. The third-order valence-corrected chi connectivity index (χ3v) is 3.76. The third kappa shape index (κ3) is 4.81. The van der Waals surface area contributed by atoms with Crippen molar-refractivity contribution < 1.29 is 4.74 Å². The fourth-order valence-electron chi connectivity index (χ4n) is 2.83. The van der Waals surface area contributed by atoms with E-state index in [4.69, 9.17) is 4.74 Å². The van der Waals surface area contributed by atoms with Gasteiger partial charge in [0, 0.05) is 18.6 Å². The van der Waals surface area contributed by atoms with Gasteiger partial charge in [0.15, 0.2) is 0 Å². The average Bonchev–Trinajstić information content (AvgIpc) is 2.81. The Morgan fingerprint density at radius 2 is 2.29 bits per heavy atom. The quantitative estimate of drug-likeness (QED) is 0.491. The Hall–Kier alpha value is -0.340. The summed E-state index contributed by atoms with van der Waals surface area (Å²) in [5.74, 6) is 0.719. The van der Waals surface area contributed by atoms with Gasteiger partial charge >= 0.3 is 0 Å². The highest BCUT2D eigenvalue weighted by molar-refractivity contribution is 4.86. The van der Waals surface area contributed by atoms with Crippen molar-refractivity contribution in [2.45, 2.75) is 64.5 Å². The van der Waals surface area contributed by atoms with Crippen LogP contribution in [0.5, 0.6) is 0 Å². The van der Waals surface area contributed by atoms with Crippen LogP contribution < -0.4 is 5.32 Å². The number of hydrogen-bond acceptors (Lipinski definition) is 2. The van der Waals surface area contributed by atoms with Crippen molar-refractivity contribution in [3.8, 4) is 0 Å². The Balaban J connectivity index is 2.44. The topological polar surface area (TPSA) is 21.3 Å². The molecular formula is C15H29NO. The van der Waals surface area contributed by atoms with Crippen molar-refractivity contribution in [2.24, 2.45) is 5.92 Å². The number of hydrogen-bond donors (Lipinski definition) is 1. The van der Waals surface area contributed by atoms with Crippen molar-refractivity contribution in [2.75, 3.05) is 13.2 Å². The van der Waals surface area contributed by atoms with Gasteiger partial charge in [-0.3, -0.25) is 0 Å². The minimum absolute atomic E-state index is 0.480. The molecule has 0 amide bonds. The molecule has 3 unspecified atom stereocenters. The zero-order valence-electron chi connectivity index (χ0n) is 11.6. The molecule has 0 aromatic carbocycles. The van der Waals surface area contributed by atoms with E-state index in [-0.39, 0.29) is 0 Å². The van der Waals surface area contributed by atoms with Gasteiger partial charge in [0.2, 0.25) is 0 Å². The zero-order chi connectivity index (χ0) is 12.5. The molecule has 0 aromatic heterocycles. The maximum atomic E-state index is 5.82. The lowest BCUT2D eigenvalue weighted by Gasteiger charge is -2.28. The maximum Gasteiger partial charge on any atom is 0.0616 e. The Morgan fingerprint density at radius 1 is 1.47 bits per heavy atom. The summed E-state index contributed by atoms with van der Waals surface area (Å²) in [5, 5.41) is 3.72. The summed E-state index contributed by atoms with van der Waals surface area (Å²) in [5.41, 5.74) is 0. The second-order valence-corrected chi connectivity index (χ2v) is 5.05. The number of ether oxygens (including phenoxy) is 1. The molecule has 1 rings (SSSR count). The average molecular weight is 239 g/mol. The first-order chi connectivity index (χ1) is 8.33. The van der Waals surface area contributed by atoms with Crippen LogP contribution in [0, 0.1) is 5.92 Å². The first kappa shape index (κ1) is 14.7. The zero-order valence-corrected chi connectivity index (χ0v) is 11.6. The molecule has 2 heteroatoms. The van der Waals surface area contributed by atoms with Crippen LogP contribution in [0.25, 0.3) is 0 Å². The molecule has 17 heavy (non-hydrogen) atoms. The van der Waals surface area contributed by atoms with Gasteiger partial charge in [-0.05, 0) is 45.1 Å². The molecule has 3 atom stereocenters. The van der Waals surface area contributed by atoms with Crippen molar-refractivity contribution >= 4 is 0 Å². The van der Waals surface area contributed by atoms with Crippen LogP contribution in [-0.2, 0) is 4.74 Å². The predicted molar refractivity (Wildman–Crippen MR) is 74.3 cm³/mol. The van der Waals surface area contributed by atoms with Crippen LogP contribution in [0.1, 0.15) is 52.4 Å². The van der Waals surface area contributed by atoms with Gasteiger partial charge in [0.1, 0.15) is 0 Å². The molecule has 1 aliphatic heterocycles. The van der Waals surface area contributed by atoms with Gasteiger partial charge in [0.05, 0.1) is 6.10 Å². The second-order valence-electron chi connectivity index (χ2n) is 5.05. The van der Waals surface area contributed by atoms with Crippen molar-refractivity contribution in [3.63, 3.8) is 0 Å². The lowest BCUT2D eigenvalue weighted by atomic mass is 9.88. The van der Waals surface area contributed by atoms with Crippen molar-refractivity contribution in [1.82, 2.24) is 5.32 Å². The van der Waals surface area contributed by atoms with Gasteiger partial charge in [-0.15, -0.1) is 6.58 Å². The summed E-state index contributed by atoms with van der Waals surface area (Å²) in [6.45, 7) is 10.4. The first-order valence-corrected chi connectivity index (χ1v) is 7.29. The molecular weight excluding hydrogens is 210 g/mol. The van der Waals surface area contributed by atoms with Gasteiger partial charge < -0.3 is 10.1 Å². The molecule has 1 aliphatic rings. The minimum Gasteiger partial charge on any atom is -0.378 e. The van der Waals surface area contributed by atoms with E-state index in [2.05, 4.69) is 25.7 Å². The van der Waals surface area contributed by atoms with Crippen LogP contribution in [-0.4, -0.2) is 25.3 Å². The molecule has 0 aromatic rings. The van der Waals surface area contributed by atoms with Crippen LogP contribution in [0.3, 0.4) is 0 Å². The minimum atomic E-state index is 0.480. The largest absolute Gasteiger partial charge is 0.378 e. The lowest BCUT2D eigenvalue weighted by Crippen LogP contribution is -2.40. The Kier molecular flexibility index (Phi) is 7.54. The normalized spacial score (nSPS) is 26.0. The Morgan fingerprint density at radius 3 is 2.94 bits per heavy atom. The monoisotopic (exact) mass is 239 g/mol. The van der Waals surface area contributed by atoms with E-state index in [1.807, 2.05) is 6.08 Å². The molecule has 0 radical (unpaired) electrons. The summed E-state index contributed by atoms with van der Waals surface area (Å²) in [6, 6.07) is 0.641. The Bertz CT molecular complexity index is 205. The molecule has 0 saturated carbocycles. The summed E-state index contributed by atoms with van der Waals surface area (Å²) >= 11 is 0. The molecule has 2 nitrogen and oxygen atoms in total. The molecule has 1 fully saturated rings. The van der Waals surface area contributed by atoms with Crippen molar-refractivity contribution in [1.29, 1.82) is 0 Å². The molecule has 1 saturated heterocycles. The Labute approximate surface area is 107 Å². The van der Waals surface area contributed by atoms with E-state index >= 15 is 0 Å². The highest BCUT2D eigenvalue weighted by Crippen LogP contribution is 2.28. The molecule has 0 aliphatic carbocycles. The van der Waals surface area contributed by atoms with Crippen LogP contribution in [0.2, 0.25) is 0 Å². The summed E-state index contributed by atoms with van der Waals surface area (Å²) < 4.78 is 5.82. The standard InChI is InChI=1S/C15H29NO/c1-4-7-8-9-14(16-11-5-2)13-10-12-17-15(13)6-3/h4,13-16H,1,5-12H2,2-3H3. The summed E-state index contributed by atoms with van der Waals surface area (Å²) in [6.07, 6.45) is 9.74. The van der Waals surface area contributed by atoms with Crippen LogP contribution in [0.4, 0.5) is 0 Å². The lowest BCUT2D eigenvalue weighted by molar-refractivity contribution is 0.0762. The maximum absolute atomic E-state index is 5.82. The number of nitrogens with one attached hydrogen (secondary N) is 1. The number of rotatable bonds is 9. The fourth-order valence-corrected chi connectivity index (χ4v) is 2.83. The van der Waals surface area contributed by atoms with E-state index in [0.29, 0.717) is 12.1 Å². The van der Waals surface area contributed by atoms with E-state index in [1.165, 1.54) is 25.7 Å². The molecule has 0 spiro atoms. The summed E-state index contributed by atoms with van der Waals surface area (Å²) in [7, 11) is 0. The molecule has 100 valence electrons. The van der Waals surface area contributed by atoms with Gasteiger partial charge in [-0.2, -0.15) is 0 Å². The molecule has 1 heterocycles. The van der Waals surface area contributed by atoms with Gasteiger partial charge in [0.25, 0.3) is 0 Å². The highest BCUT2D eigenvalue weighted by Gasteiger charge is 2.32. The van der Waals surface area contributed by atoms with Crippen LogP contribution in [0.15, 0.2) is 12.7 Å². The molecule has 1 N–H and O–H groups in total. The van der Waals surface area contributed by atoms with E-state index in [0.717, 1.165) is 31.9 Å². The second kappa shape index (κ2) is 8.71. The number of allylic oxidation sites excluding steroid dienone is 1. The smallest absolute Gasteiger partial charge is 0.0616 e. The fraction of sp³-hybridized carbons (Fsp3) is 0.867. The van der Waals surface area contributed by atoms with Crippen molar-refractivity contribution in [3.05, 3.63) is 12.7 Å². The predicted octanol–water partition coefficient (Wildman–Crippen LogP) is 3.53. The third-order valence-electron chi connectivity index (χ3n) is 3.76. The van der Waals surface area contributed by atoms with E-state index in [1.54, 1.807) is 0 Å². The molecule has 0 bridgehead atoms. The van der Waals surface area contributed by atoms with Crippen LogP contribution >= 0.6 is 0 Å². The first-order valence-electron chi connectivity index (χ1n) is 7.29. The van der Waals surface area contributed by atoms with Gasteiger partial charge in [-0.1, -0.05) is 19.9 Å². The number of unbranched alkanes of at least 4 members (excludes halogenated alkanes) is 1. The summed E-state index contributed by atoms with van der Waals surface area (Å²) in [4.78, 5) is 0. The van der Waals surface area contributed by atoms with E-state index < -0.39 is 0 Å². The van der Waals surface area contributed by atoms with E-state index in [9.17, 15) is 0 Å². The van der Waals surface area contributed by atoms with Gasteiger partial charge in [-0.25, -0.2) is 0 Å².